The molecular formula is C15H24N4O. The normalized spacial score (nSPS) is 20.9. The second-order valence-electron chi connectivity index (χ2n) is 5.75. The largest absolute Gasteiger partial charge is 0.409 e. The first-order chi connectivity index (χ1) is 9.52. The highest BCUT2D eigenvalue weighted by atomic mass is 16.4. The Morgan fingerprint density at radius 3 is 2.85 bits per heavy atom. The van der Waals surface area contributed by atoms with Gasteiger partial charge in [-0.25, -0.2) is 0 Å². The van der Waals surface area contributed by atoms with Crippen LogP contribution in [-0.2, 0) is 0 Å². The molecule has 1 aromatic rings. The highest BCUT2D eigenvalue weighted by Gasteiger charge is 2.20. The first kappa shape index (κ1) is 14.6. The van der Waals surface area contributed by atoms with E-state index in [1.807, 2.05) is 19.9 Å². The van der Waals surface area contributed by atoms with Crippen molar-refractivity contribution < 1.29 is 5.21 Å². The maximum absolute atomic E-state index is 9.02. The van der Waals surface area contributed by atoms with Gasteiger partial charge >= 0.3 is 0 Å². The lowest BCUT2D eigenvalue weighted by molar-refractivity contribution is 0.318. The van der Waals surface area contributed by atoms with E-state index in [0.29, 0.717) is 0 Å². The lowest BCUT2D eigenvalue weighted by Gasteiger charge is -2.26. The first-order valence-corrected chi connectivity index (χ1v) is 7.24. The maximum atomic E-state index is 9.02. The number of nitrogens with two attached hydrogens (primary N) is 1. The highest BCUT2D eigenvalue weighted by molar-refractivity contribution is 6.03. The van der Waals surface area contributed by atoms with Crippen molar-refractivity contribution in [2.75, 3.05) is 18.0 Å². The Hall–Kier alpha value is -1.78. The van der Waals surface area contributed by atoms with Gasteiger partial charge in [0.1, 0.15) is 0 Å². The fourth-order valence-corrected chi connectivity index (χ4v) is 2.93. The molecule has 20 heavy (non-hydrogen) atoms. The second-order valence-corrected chi connectivity index (χ2v) is 5.75. The summed E-state index contributed by atoms with van der Waals surface area (Å²) < 4.78 is 0. The molecule has 1 aromatic heterocycles. The van der Waals surface area contributed by atoms with Crippen molar-refractivity contribution in [2.45, 2.75) is 40.0 Å². The van der Waals surface area contributed by atoms with Crippen LogP contribution in [0.5, 0.6) is 0 Å². The van der Waals surface area contributed by atoms with Crippen molar-refractivity contribution in [1.82, 2.24) is 4.98 Å². The van der Waals surface area contributed by atoms with Crippen LogP contribution < -0.4 is 10.6 Å². The van der Waals surface area contributed by atoms with Crippen LogP contribution in [0.2, 0.25) is 0 Å². The van der Waals surface area contributed by atoms with Gasteiger partial charge in [0.05, 0.1) is 16.9 Å². The molecule has 2 heterocycles. The lowest BCUT2D eigenvalue weighted by atomic mass is 10.0. The van der Waals surface area contributed by atoms with E-state index in [0.717, 1.165) is 41.6 Å². The highest BCUT2D eigenvalue weighted by Crippen LogP contribution is 2.27. The number of nitrogens with zero attached hydrogens (tertiary/aromatic N) is 3. The van der Waals surface area contributed by atoms with Gasteiger partial charge in [-0.2, -0.15) is 0 Å². The summed E-state index contributed by atoms with van der Waals surface area (Å²) in [5.74, 6) is 0.902. The third kappa shape index (κ3) is 3.03. The maximum Gasteiger partial charge on any atom is 0.174 e. The van der Waals surface area contributed by atoms with Crippen LogP contribution in [0, 0.1) is 19.8 Å². The molecule has 1 aliphatic rings. The molecule has 0 bridgehead atoms. The minimum Gasteiger partial charge on any atom is -0.409 e. The second kappa shape index (κ2) is 6.11. The molecule has 0 spiro atoms. The number of hydrogen-bond donors (Lipinski definition) is 2. The molecule has 0 radical (unpaired) electrons. The monoisotopic (exact) mass is 276 g/mol. The fourth-order valence-electron chi connectivity index (χ4n) is 2.93. The number of aromatic nitrogens is 1. The molecule has 1 fully saturated rings. The number of anilines is 1. The minimum atomic E-state index is 0.141. The summed E-state index contributed by atoms with van der Waals surface area (Å²) in [7, 11) is 0. The molecule has 1 saturated heterocycles. The quantitative estimate of drug-likeness (QED) is 0.376. The lowest BCUT2D eigenvalue weighted by Crippen LogP contribution is -2.29. The zero-order valence-corrected chi connectivity index (χ0v) is 12.6. The molecule has 110 valence electrons. The van der Waals surface area contributed by atoms with Crippen LogP contribution in [0.4, 0.5) is 5.69 Å². The summed E-state index contributed by atoms with van der Waals surface area (Å²) in [6.45, 7) is 8.21. The third-order valence-corrected chi connectivity index (χ3v) is 4.03. The predicted octanol–water partition coefficient (Wildman–Crippen LogP) is 2.42. The van der Waals surface area contributed by atoms with Gasteiger partial charge in [-0.3, -0.25) is 4.98 Å². The molecule has 3 N–H and O–H groups in total. The third-order valence-electron chi connectivity index (χ3n) is 4.03. The fraction of sp³-hybridized carbons (Fsp3) is 0.600. The molecular weight excluding hydrogens is 252 g/mol. The summed E-state index contributed by atoms with van der Waals surface area (Å²) in [6, 6.07) is 2.04. The van der Waals surface area contributed by atoms with E-state index in [-0.39, 0.29) is 5.84 Å². The number of rotatable bonds is 2. The Morgan fingerprint density at radius 1 is 1.40 bits per heavy atom. The van der Waals surface area contributed by atoms with Gasteiger partial charge in [0.2, 0.25) is 0 Å². The van der Waals surface area contributed by atoms with Gasteiger partial charge in [0.15, 0.2) is 5.84 Å². The van der Waals surface area contributed by atoms with Crippen molar-refractivity contribution in [3.8, 4) is 0 Å². The van der Waals surface area contributed by atoms with Gasteiger partial charge in [0, 0.05) is 18.8 Å². The molecule has 5 nitrogen and oxygen atoms in total. The molecule has 0 aromatic carbocycles. The van der Waals surface area contributed by atoms with Crippen LogP contribution in [0.15, 0.2) is 11.2 Å². The molecule has 0 saturated carbocycles. The average Bonchev–Trinajstić information content (AvgIpc) is 2.62. The Bertz CT molecular complexity index is 513. The minimum absolute atomic E-state index is 0.141. The van der Waals surface area contributed by atoms with Crippen molar-refractivity contribution in [1.29, 1.82) is 0 Å². The van der Waals surface area contributed by atoms with Crippen molar-refractivity contribution in [3.05, 3.63) is 23.0 Å². The van der Waals surface area contributed by atoms with E-state index < -0.39 is 0 Å². The van der Waals surface area contributed by atoms with Crippen LogP contribution >= 0.6 is 0 Å². The zero-order valence-electron chi connectivity index (χ0n) is 12.6. The van der Waals surface area contributed by atoms with Gasteiger partial charge in [0.25, 0.3) is 0 Å². The number of hydrogen-bond acceptors (Lipinski definition) is 4. The number of amidine groups is 1. The zero-order chi connectivity index (χ0) is 14.7. The van der Waals surface area contributed by atoms with Crippen LogP contribution in [0.1, 0.15) is 43.1 Å². The number of aryl methyl sites for hydroxylation is 2. The van der Waals surface area contributed by atoms with Gasteiger partial charge < -0.3 is 15.8 Å². The van der Waals surface area contributed by atoms with E-state index in [2.05, 4.69) is 22.0 Å². The summed E-state index contributed by atoms with van der Waals surface area (Å²) in [6.07, 6.45) is 3.62. The van der Waals surface area contributed by atoms with Gasteiger partial charge in [-0.1, -0.05) is 12.1 Å². The van der Waals surface area contributed by atoms with Crippen LogP contribution in [0.3, 0.4) is 0 Å². The first-order valence-electron chi connectivity index (χ1n) is 7.24. The molecule has 5 heteroatoms. The predicted molar refractivity (Wildman–Crippen MR) is 81.4 cm³/mol. The smallest absolute Gasteiger partial charge is 0.174 e. The Kier molecular flexibility index (Phi) is 4.47. The van der Waals surface area contributed by atoms with Crippen molar-refractivity contribution >= 4 is 11.5 Å². The topological polar surface area (TPSA) is 74.7 Å². The molecule has 0 amide bonds. The summed E-state index contributed by atoms with van der Waals surface area (Å²) in [5.41, 5.74) is 9.43. The van der Waals surface area contributed by atoms with Gasteiger partial charge in [-0.05, 0) is 45.1 Å². The molecule has 2 rings (SSSR count). The molecule has 1 aliphatic heterocycles. The number of oxime groups is 1. The van der Waals surface area contributed by atoms with Crippen LogP contribution in [0.25, 0.3) is 0 Å². The summed E-state index contributed by atoms with van der Waals surface area (Å²) in [5, 5.41) is 12.2. The summed E-state index contributed by atoms with van der Waals surface area (Å²) in [4.78, 5) is 6.78. The van der Waals surface area contributed by atoms with Crippen molar-refractivity contribution in [3.63, 3.8) is 0 Å². The molecule has 1 unspecified atom stereocenters. The van der Waals surface area contributed by atoms with E-state index in [1.54, 1.807) is 0 Å². The van der Waals surface area contributed by atoms with E-state index in [4.69, 9.17) is 10.9 Å². The molecule has 0 aliphatic carbocycles. The Morgan fingerprint density at radius 2 is 2.15 bits per heavy atom. The van der Waals surface area contributed by atoms with Gasteiger partial charge in [-0.15, -0.1) is 0 Å². The molecule has 1 atom stereocenters. The number of pyridine rings is 1. The Balaban J connectivity index is 2.43. The van der Waals surface area contributed by atoms with Crippen LogP contribution in [-0.4, -0.2) is 29.1 Å². The average molecular weight is 276 g/mol. The SMILES string of the molecule is Cc1cc(N2CCCC(C)CC2)c(/C(N)=N/O)c(C)n1. The van der Waals surface area contributed by atoms with E-state index in [9.17, 15) is 0 Å². The Labute approximate surface area is 120 Å². The standard InChI is InChI=1S/C15H24N4O/c1-10-5-4-7-19(8-6-10)13-9-11(2)17-12(3)14(13)15(16)18-20/h9-10,20H,4-8H2,1-3H3,(H2,16,18). The van der Waals surface area contributed by atoms with Crippen molar-refractivity contribution in [2.24, 2.45) is 16.8 Å². The van der Waals surface area contributed by atoms with E-state index >= 15 is 0 Å². The summed E-state index contributed by atoms with van der Waals surface area (Å²) >= 11 is 0. The van der Waals surface area contributed by atoms with E-state index in [1.165, 1.54) is 19.3 Å².